The van der Waals surface area contributed by atoms with Gasteiger partial charge in [0.1, 0.15) is 18.6 Å². The Balaban J connectivity index is 2.44. The first kappa shape index (κ1) is 13.8. The molecule has 0 heterocycles. The van der Waals surface area contributed by atoms with Crippen molar-refractivity contribution in [3.63, 3.8) is 0 Å². The number of carbonyl (C=O) groups is 1. The van der Waals surface area contributed by atoms with E-state index in [4.69, 9.17) is 16.3 Å². The number of ether oxygens (including phenoxy) is 2. The normalized spacial score (nSPS) is 11.3. The predicted molar refractivity (Wildman–Crippen MR) is 54.3 cm³/mol. The number of hydrogen-bond donors (Lipinski definition) is 0. The Labute approximate surface area is 100 Å². The van der Waals surface area contributed by atoms with Crippen LogP contribution in [0, 0.1) is 0 Å². The smallest absolute Gasteiger partial charge is 0.411 e. The van der Waals surface area contributed by atoms with E-state index in [9.17, 15) is 18.0 Å². The van der Waals surface area contributed by atoms with Crippen molar-refractivity contribution < 1.29 is 27.4 Å². The zero-order valence-electron chi connectivity index (χ0n) is 8.46. The number of aldehydes is 1. The number of benzene rings is 1. The molecule has 0 saturated heterocycles. The molecule has 0 spiro atoms. The van der Waals surface area contributed by atoms with Gasteiger partial charge in [-0.15, -0.1) is 0 Å². The molecule has 1 aromatic rings. The molecule has 1 rings (SSSR count). The highest BCUT2D eigenvalue weighted by Gasteiger charge is 2.27. The van der Waals surface area contributed by atoms with Crippen molar-refractivity contribution in [2.45, 2.75) is 6.18 Å². The van der Waals surface area contributed by atoms with E-state index < -0.39 is 19.6 Å². The summed E-state index contributed by atoms with van der Waals surface area (Å²) in [5.41, 5.74) is 0.346. The SMILES string of the molecule is O=Cc1ccc(OCOCC(F)(F)F)c(Cl)c1. The van der Waals surface area contributed by atoms with E-state index in [1.165, 1.54) is 18.2 Å². The lowest BCUT2D eigenvalue weighted by molar-refractivity contribution is -0.186. The van der Waals surface area contributed by atoms with Gasteiger partial charge in [0.05, 0.1) is 5.02 Å². The number of alkyl halides is 3. The zero-order valence-corrected chi connectivity index (χ0v) is 9.22. The van der Waals surface area contributed by atoms with Crippen molar-refractivity contribution in [1.29, 1.82) is 0 Å². The maximum absolute atomic E-state index is 11.7. The van der Waals surface area contributed by atoms with E-state index in [0.717, 1.165) is 0 Å². The van der Waals surface area contributed by atoms with E-state index in [0.29, 0.717) is 11.8 Å². The first-order valence-corrected chi connectivity index (χ1v) is 4.82. The summed E-state index contributed by atoms with van der Waals surface area (Å²) in [6, 6.07) is 4.15. The van der Waals surface area contributed by atoms with Gasteiger partial charge in [-0.05, 0) is 18.2 Å². The van der Waals surface area contributed by atoms with Gasteiger partial charge >= 0.3 is 6.18 Å². The van der Waals surface area contributed by atoms with Crippen LogP contribution in [0.5, 0.6) is 5.75 Å². The van der Waals surface area contributed by atoms with Crippen LogP contribution in [0.2, 0.25) is 5.02 Å². The molecule has 1 aromatic carbocycles. The fourth-order valence-electron chi connectivity index (χ4n) is 0.970. The van der Waals surface area contributed by atoms with Crippen molar-refractivity contribution in [2.75, 3.05) is 13.4 Å². The lowest BCUT2D eigenvalue weighted by atomic mass is 10.2. The lowest BCUT2D eigenvalue weighted by Crippen LogP contribution is -2.19. The Kier molecular flexibility index (Phi) is 4.77. The number of rotatable bonds is 5. The van der Waals surface area contributed by atoms with E-state index in [1.807, 2.05) is 0 Å². The summed E-state index contributed by atoms with van der Waals surface area (Å²) in [4.78, 5) is 10.4. The molecule has 0 unspecified atom stereocenters. The quantitative estimate of drug-likeness (QED) is 0.468. The third-order valence-electron chi connectivity index (χ3n) is 1.66. The first-order chi connectivity index (χ1) is 7.92. The van der Waals surface area contributed by atoms with E-state index in [2.05, 4.69) is 4.74 Å². The van der Waals surface area contributed by atoms with Gasteiger partial charge in [0.2, 0.25) is 0 Å². The van der Waals surface area contributed by atoms with Crippen LogP contribution in [0.1, 0.15) is 10.4 Å². The van der Waals surface area contributed by atoms with Crippen LogP contribution in [0.25, 0.3) is 0 Å². The lowest BCUT2D eigenvalue weighted by Gasteiger charge is -2.10. The van der Waals surface area contributed by atoms with Crippen LogP contribution in [-0.2, 0) is 4.74 Å². The van der Waals surface area contributed by atoms with E-state index >= 15 is 0 Å². The van der Waals surface area contributed by atoms with Crippen LogP contribution in [-0.4, -0.2) is 25.9 Å². The van der Waals surface area contributed by atoms with Crippen LogP contribution in [0.15, 0.2) is 18.2 Å². The van der Waals surface area contributed by atoms with Gasteiger partial charge in [-0.3, -0.25) is 4.79 Å². The van der Waals surface area contributed by atoms with Crippen LogP contribution >= 0.6 is 11.6 Å². The van der Waals surface area contributed by atoms with Gasteiger partial charge in [0.25, 0.3) is 0 Å². The zero-order chi connectivity index (χ0) is 12.9. The second kappa shape index (κ2) is 5.88. The monoisotopic (exact) mass is 268 g/mol. The molecule has 0 N–H and O–H groups in total. The number of halogens is 4. The topological polar surface area (TPSA) is 35.5 Å². The average molecular weight is 269 g/mol. The standard InChI is InChI=1S/C10H8ClF3O3/c11-8-3-7(4-15)1-2-9(8)17-6-16-5-10(12,13)14/h1-4H,5-6H2. The maximum Gasteiger partial charge on any atom is 0.411 e. The summed E-state index contributed by atoms with van der Waals surface area (Å²) in [6.07, 6.45) is -3.80. The van der Waals surface area contributed by atoms with Gasteiger partial charge in [-0.2, -0.15) is 13.2 Å². The molecule has 7 heteroatoms. The molecule has 0 atom stereocenters. The minimum atomic E-state index is -4.39. The van der Waals surface area contributed by atoms with Gasteiger partial charge in [-0.25, -0.2) is 0 Å². The molecule has 3 nitrogen and oxygen atoms in total. The Hall–Kier alpha value is -1.27. The second-order valence-electron chi connectivity index (χ2n) is 3.03. The summed E-state index contributed by atoms with van der Waals surface area (Å²) in [5, 5.41) is 0.130. The molecular weight excluding hydrogens is 261 g/mol. The molecule has 0 fully saturated rings. The first-order valence-electron chi connectivity index (χ1n) is 4.44. The molecule has 0 saturated carbocycles. The fourth-order valence-corrected chi connectivity index (χ4v) is 1.21. The Morgan fingerprint density at radius 2 is 2.06 bits per heavy atom. The molecule has 94 valence electrons. The molecule has 0 aliphatic rings. The van der Waals surface area contributed by atoms with Gasteiger partial charge in [-0.1, -0.05) is 11.6 Å². The van der Waals surface area contributed by atoms with Crippen molar-refractivity contribution in [3.8, 4) is 5.75 Å². The van der Waals surface area contributed by atoms with Gasteiger partial charge in [0.15, 0.2) is 6.79 Å². The molecule has 0 bridgehead atoms. The van der Waals surface area contributed by atoms with E-state index in [-0.39, 0.29) is 10.8 Å². The Bertz CT molecular complexity index is 393. The Morgan fingerprint density at radius 3 is 2.59 bits per heavy atom. The highest BCUT2D eigenvalue weighted by atomic mass is 35.5. The molecule has 17 heavy (non-hydrogen) atoms. The maximum atomic E-state index is 11.7. The van der Waals surface area contributed by atoms with Gasteiger partial charge < -0.3 is 9.47 Å². The van der Waals surface area contributed by atoms with Crippen molar-refractivity contribution in [1.82, 2.24) is 0 Å². The number of hydrogen-bond acceptors (Lipinski definition) is 3. The molecule has 0 aromatic heterocycles. The Morgan fingerprint density at radius 1 is 1.35 bits per heavy atom. The molecule has 0 radical (unpaired) electrons. The largest absolute Gasteiger partial charge is 0.466 e. The van der Waals surface area contributed by atoms with Crippen LogP contribution < -0.4 is 4.74 Å². The molecular formula is C10H8ClF3O3. The average Bonchev–Trinajstić information content (AvgIpc) is 2.24. The van der Waals surface area contributed by atoms with E-state index in [1.54, 1.807) is 0 Å². The van der Waals surface area contributed by atoms with Crippen molar-refractivity contribution in [3.05, 3.63) is 28.8 Å². The summed E-state index contributed by atoms with van der Waals surface area (Å²) < 4.78 is 44.2. The van der Waals surface area contributed by atoms with Crippen molar-refractivity contribution in [2.24, 2.45) is 0 Å². The summed E-state index contributed by atoms with van der Waals surface area (Å²) in [5.74, 6) is 0.152. The second-order valence-corrected chi connectivity index (χ2v) is 3.44. The molecule has 0 amide bonds. The predicted octanol–water partition coefficient (Wildman–Crippen LogP) is 3.07. The molecule has 0 aliphatic heterocycles. The minimum absolute atomic E-state index is 0.130. The third kappa shape index (κ3) is 5.06. The summed E-state index contributed by atoms with van der Waals surface area (Å²) in [6.45, 7) is -1.96. The highest BCUT2D eigenvalue weighted by molar-refractivity contribution is 6.32. The van der Waals surface area contributed by atoms with Gasteiger partial charge in [0, 0.05) is 5.56 Å². The molecule has 0 aliphatic carbocycles. The highest BCUT2D eigenvalue weighted by Crippen LogP contribution is 2.25. The minimum Gasteiger partial charge on any atom is -0.466 e. The fraction of sp³-hybridized carbons (Fsp3) is 0.300. The number of carbonyl (C=O) groups excluding carboxylic acids is 1. The third-order valence-corrected chi connectivity index (χ3v) is 1.95. The summed E-state index contributed by atoms with van der Waals surface area (Å²) >= 11 is 5.72. The van der Waals surface area contributed by atoms with Crippen LogP contribution in [0.4, 0.5) is 13.2 Å². The van der Waals surface area contributed by atoms with Crippen molar-refractivity contribution >= 4 is 17.9 Å². The van der Waals surface area contributed by atoms with Crippen LogP contribution in [0.3, 0.4) is 0 Å². The summed E-state index contributed by atoms with van der Waals surface area (Å²) in [7, 11) is 0.